The number of nitrogens with two attached hydrogens (primary N) is 1. The average molecular weight is 696 g/mol. The Bertz CT molecular complexity index is 1970. The van der Waals surface area contributed by atoms with Crippen molar-refractivity contribution in [2.24, 2.45) is 5.14 Å². The van der Waals surface area contributed by atoms with Gasteiger partial charge in [-0.25, -0.2) is 18.5 Å². The molecule has 1 aliphatic rings. The van der Waals surface area contributed by atoms with Crippen LogP contribution in [0.15, 0.2) is 113 Å². The van der Waals surface area contributed by atoms with E-state index < -0.39 is 38.9 Å². The van der Waals surface area contributed by atoms with Crippen LogP contribution in [0.2, 0.25) is 10.0 Å². The van der Waals surface area contributed by atoms with Gasteiger partial charge in [0.15, 0.2) is 0 Å². The third-order valence-electron chi connectivity index (χ3n) is 6.73. The number of sulfonamides is 1. The number of carbonyl (C=O) groups excluding carboxylic acids is 4. The SMILES string of the molecule is NS(=O)(=O)c1ccc(N2C(=O)CC(Sc3ccc(NC(=O)/C(=C/c4cccc(Cl)c4Cl)NC(=O)c4ccccc4)cc3)C2=O)cc1. The number of anilines is 2. The van der Waals surface area contributed by atoms with Crippen LogP contribution in [0.25, 0.3) is 6.08 Å². The highest BCUT2D eigenvalue weighted by Crippen LogP contribution is 2.35. The Balaban J connectivity index is 1.29. The van der Waals surface area contributed by atoms with Gasteiger partial charge in [0, 0.05) is 22.6 Å². The molecule has 5 rings (SSSR count). The third kappa shape index (κ3) is 7.66. The van der Waals surface area contributed by atoms with Gasteiger partial charge in [-0.1, -0.05) is 53.5 Å². The van der Waals surface area contributed by atoms with Crippen LogP contribution >= 0.6 is 35.0 Å². The number of thioether (sulfide) groups is 1. The van der Waals surface area contributed by atoms with Gasteiger partial charge in [-0.2, -0.15) is 0 Å². The molecule has 234 valence electrons. The molecule has 46 heavy (non-hydrogen) atoms. The summed E-state index contributed by atoms with van der Waals surface area (Å²) in [5.74, 6) is -2.00. The molecule has 4 aromatic carbocycles. The van der Waals surface area contributed by atoms with Gasteiger partial charge in [-0.15, -0.1) is 11.8 Å². The number of benzene rings is 4. The van der Waals surface area contributed by atoms with Gasteiger partial charge in [-0.05, 0) is 78.4 Å². The van der Waals surface area contributed by atoms with E-state index in [1.54, 1.807) is 72.8 Å². The molecular weight excluding hydrogens is 671 g/mol. The number of nitrogens with zero attached hydrogens (tertiary/aromatic N) is 1. The largest absolute Gasteiger partial charge is 0.321 e. The molecule has 0 bridgehead atoms. The van der Waals surface area contributed by atoms with Crippen molar-refractivity contribution in [2.75, 3.05) is 10.2 Å². The van der Waals surface area contributed by atoms with E-state index in [4.69, 9.17) is 28.3 Å². The summed E-state index contributed by atoms with van der Waals surface area (Å²) in [7, 11) is -3.92. The third-order valence-corrected chi connectivity index (χ3v) is 9.69. The van der Waals surface area contributed by atoms with Crippen molar-refractivity contribution in [2.45, 2.75) is 21.5 Å². The van der Waals surface area contributed by atoms with Gasteiger partial charge in [-0.3, -0.25) is 19.2 Å². The zero-order valence-corrected chi connectivity index (χ0v) is 26.8. The van der Waals surface area contributed by atoms with Crippen LogP contribution in [0.5, 0.6) is 0 Å². The molecule has 0 spiro atoms. The lowest BCUT2D eigenvalue weighted by molar-refractivity contribution is -0.121. The number of rotatable bonds is 9. The van der Waals surface area contributed by atoms with Gasteiger partial charge in [0.1, 0.15) is 5.70 Å². The van der Waals surface area contributed by atoms with Gasteiger partial charge in [0.25, 0.3) is 11.8 Å². The van der Waals surface area contributed by atoms with Gasteiger partial charge >= 0.3 is 0 Å². The van der Waals surface area contributed by atoms with Crippen molar-refractivity contribution >= 4 is 86.1 Å². The molecule has 1 heterocycles. The second kappa shape index (κ2) is 13.9. The molecule has 0 saturated carbocycles. The molecule has 14 heteroatoms. The Morgan fingerprint density at radius 3 is 2.22 bits per heavy atom. The lowest BCUT2D eigenvalue weighted by Crippen LogP contribution is -2.31. The summed E-state index contributed by atoms with van der Waals surface area (Å²) < 4.78 is 23.1. The Hall–Kier alpha value is -4.46. The zero-order valence-electron chi connectivity index (χ0n) is 23.6. The second-order valence-corrected chi connectivity index (χ2v) is 13.5. The first-order valence-electron chi connectivity index (χ1n) is 13.5. The van der Waals surface area contributed by atoms with Crippen LogP contribution < -0.4 is 20.7 Å². The molecule has 10 nitrogen and oxygen atoms in total. The summed E-state index contributed by atoms with van der Waals surface area (Å²) in [5.41, 5.74) is 1.33. The average Bonchev–Trinajstić information content (AvgIpc) is 3.31. The molecule has 4 N–H and O–H groups in total. The van der Waals surface area contributed by atoms with E-state index in [-0.39, 0.29) is 32.7 Å². The first-order valence-corrected chi connectivity index (χ1v) is 16.7. The van der Waals surface area contributed by atoms with Crippen LogP contribution in [-0.2, 0) is 24.4 Å². The van der Waals surface area contributed by atoms with E-state index in [1.165, 1.54) is 42.1 Å². The van der Waals surface area contributed by atoms with Crippen LogP contribution in [0.1, 0.15) is 22.3 Å². The minimum Gasteiger partial charge on any atom is -0.321 e. The standard InChI is InChI=1S/C32H24Cl2N4O6S2/c33-25-8-4-7-20(29(25)34)17-26(37-30(40)19-5-2-1-3-6-19)31(41)36-21-9-13-23(14-10-21)45-27-18-28(39)38(32(27)42)22-11-15-24(16-12-22)46(35,43)44/h1-17,27H,18H2,(H,36,41)(H,37,40)(H2,35,43,44)/b26-17-. The summed E-state index contributed by atoms with van der Waals surface area (Å²) in [6.45, 7) is 0. The van der Waals surface area contributed by atoms with Crippen molar-refractivity contribution in [1.29, 1.82) is 0 Å². The fraction of sp³-hybridized carbons (Fsp3) is 0.0625. The maximum Gasteiger partial charge on any atom is 0.272 e. The molecule has 0 aliphatic carbocycles. The molecular formula is C32H24Cl2N4O6S2. The van der Waals surface area contributed by atoms with Crippen LogP contribution in [0.4, 0.5) is 11.4 Å². The summed E-state index contributed by atoms with van der Waals surface area (Å²) in [6.07, 6.45) is 1.37. The summed E-state index contributed by atoms with van der Waals surface area (Å²) in [6, 6.07) is 25.1. The van der Waals surface area contributed by atoms with Crippen molar-refractivity contribution < 1.29 is 27.6 Å². The van der Waals surface area contributed by atoms with E-state index in [1.807, 2.05) is 0 Å². The van der Waals surface area contributed by atoms with Crippen molar-refractivity contribution in [3.05, 3.63) is 124 Å². The number of hydrogen-bond acceptors (Lipinski definition) is 7. The van der Waals surface area contributed by atoms with Crippen LogP contribution in [0.3, 0.4) is 0 Å². The molecule has 1 fully saturated rings. The number of halogens is 2. The highest BCUT2D eigenvalue weighted by Gasteiger charge is 2.40. The van der Waals surface area contributed by atoms with Gasteiger partial charge in [0.05, 0.1) is 25.9 Å². The molecule has 1 saturated heterocycles. The fourth-order valence-electron chi connectivity index (χ4n) is 4.46. The maximum atomic E-state index is 13.4. The Kier molecular flexibility index (Phi) is 9.94. The molecule has 4 amide bonds. The number of nitrogens with one attached hydrogen (secondary N) is 2. The summed E-state index contributed by atoms with van der Waals surface area (Å²) in [5, 5.41) is 10.3. The first-order chi connectivity index (χ1) is 21.9. The highest BCUT2D eigenvalue weighted by atomic mass is 35.5. The molecule has 0 radical (unpaired) electrons. The number of hydrogen-bond donors (Lipinski definition) is 3. The fourth-order valence-corrected chi connectivity index (χ4v) is 6.39. The molecule has 0 aromatic heterocycles. The van der Waals surface area contributed by atoms with Crippen molar-refractivity contribution in [1.82, 2.24) is 5.32 Å². The van der Waals surface area contributed by atoms with E-state index in [9.17, 15) is 27.6 Å². The Labute approximate surface area is 278 Å². The van der Waals surface area contributed by atoms with E-state index >= 15 is 0 Å². The summed E-state index contributed by atoms with van der Waals surface area (Å²) >= 11 is 13.7. The minimum absolute atomic E-state index is 0.0553. The van der Waals surface area contributed by atoms with E-state index in [0.717, 1.165) is 4.90 Å². The number of primary sulfonamides is 1. The normalized spacial score (nSPS) is 15.2. The smallest absolute Gasteiger partial charge is 0.272 e. The Morgan fingerprint density at radius 1 is 0.891 bits per heavy atom. The predicted octanol–water partition coefficient (Wildman–Crippen LogP) is 5.47. The van der Waals surface area contributed by atoms with Crippen LogP contribution in [0, 0.1) is 0 Å². The van der Waals surface area contributed by atoms with Crippen molar-refractivity contribution in [3.8, 4) is 0 Å². The number of imide groups is 1. The maximum absolute atomic E-state index is 13.4. The lowest BCUT2D eigenvalue weighted by Gasteiger charge is -2.15. The summed E-state index contributed by atoms with van der Waals surface area (Å²) in [4.78, 5) is 53.6. The first kappa shape index (κ1) is 32.9. The van der Waals surface area contributed by atoms with Crippen molar-refractivity contribution in [3.63, 3.8) is 0 Å². The van der Waals surface area contributed by atoms with Crippen LogP contribution in [-0.4, -0.2) is 37.3 Å². The second-order valence-electron chi connectivity index (χ2n) is 9.92. The van der Waals surface area contributed by atoms with Gasteiger partial charge < -0.3 is 10.6 Å². The quantitative estimate of drug-likeness (QED) is 0.155. The number of carbonyl (C=O) groups is 4. The minimum atomic E-state index is -3.92. The molecule has 1 aliphatic heterocycles. The molecule has 4 aromatic rings. The number of amides is 4. The predicted molar refractivity (Wildman–Crippen MR) is 178 cm³/mol. The highest BCUT2D eigenvalue weighted by molar-refractivity contribution is 8.00. The van der Waals surface area contributed by atoms with Gasteiger partial charge in [0.2, 0.25) is 21.8 Å². The zero-order chi connectivity index (χ0) is 33.0. The Morgan fingerprint density at radius 2 is 1.57 bits per heavy atom. The topological polar surface area (TPSA) is 156 Å². The lowest BCUT2D eigenvalue weighted by atomic mass is 10.1. The monoisotopic (exact) mass is 694 g/mol. The molecule has 1 unspecified atom stereocenters. The van der Waals surface area contributed by atoms with E-state index in [0.29, 0.717) is 21.7 Å². The van der Waals surface area contributed by atoms with E-state index in [2.05, 4.69) is 10.6 Å². The molecule has 1 atom stereocenters.